The molecule has 0 radical (unpaired) electrons. The van der Waals surface area contributed by atoms with E-state index in [1.54, 1.807) is 0 Å². The molecule has 7 nitrogen and oxygen atoms in total. The van der Waals surface area contributed by atoms with Gasteiger partial charge < -0.3 is 15.4 Å². The Morgan fingerprint density at radius 2 is 1.66 bits per heavy atom. The smallest absolute Gasteiger partial charge is 0.215 e. The predicted octanol–water partition coefficient (Wildman–Crippen LogP) is 2.18. The molecule has 158 valence electrons. The average Bonchev–Trinajstić information content (AvgIpc) is 2.71. The summed E-state index contributed by atoms with van der Waals surface area (Å²) in [6.45, 7) is 6.46. The zero-order valence-electron chi connectivity index (χ0n) is 17.2. The van der Waals surface area contributed by atoms with Crippen molar-refractivity contribution in [3.63, 3.8) is 0 Å². The number of benzene rings is 2. The number of hydrogen-bond donors (Lipinski definition) is 3. The molecule has 0 saturated carbocycles. The van der Waals surface area contributed by atoms with Gasteiger partial charge in [-0.1, -0.05) is 42.0 Å². The summed E-state index contributed by atoms with van der Waals surface area (Å²) < 4.78 is 31.3. The molecule has 29 heavy (non-hydrogen) atoms. The summed E-state index contributed by atoms with van der Waals surface area (Å²) in [4.78, 5) is 4.57. The first-order valence-corrected chi connectivity index (χ1v) is 11.3. The van der Waals surface area contributed by atoms with Crippen LogP contribution in [-0.4, -0.2) is 41.1 Å². The van der Waals surface area contributed by atoms with Crippen molar-refractivity contribution in [2.24, 2.45) is 4.99 Å². The van der Waals surface area contributed by atoms with Crippen LogP contribution in [0, 0.1) is 6.92 Å². The van der Waals surface area contributed by atoms with Crippen molar-refractivity contribution in [3.8, 4) is 5.75 Å². The van der Waals surface area contributed by atoms with Crippen LogP contribution in [0.1, 0.15) is 23.6 Å². The molecule has 0 spiro atoms. The number of aliphatic imine (C=N–C) groups is 1. The summed E-state index contributed by atoms with van der Waals surface area (Å²) in [6.07, 6.45) is 0. The number of nitrogens with one attached hydrogen (secondary N) is 3. The van der Waals surface area contributed by atoms with Gasteiger partial charge in [-0.25, -0.2) is 18.1 Å². The van der Waals surface area contributed by atoms with E-state index in [1.165, 1.54) is 12.6 Å². The van der Waals surface area contributed by atoms with Crippen molar-refractivity contribution in [2.75, 3.05) is 26.7 Å². The number of sulfonamides is 1. The molecule has 0 heterocycles. The molecule has 0 bridgehead atoms. The van der Waals surface area contributed by atoms with E-state index in [9.17, 15) is 8.42 Å². The van der Waals surface area contributed by atoms with E-state index in [-0.39, 0.29) is 5.75 Å². The van der Waals surface area contributed by atoms with Crippen LogP contribution in [0.15, 0.2) is 53.5 Å². The maximum Gasteiger partial charge on any atom is 0.215 e. The van der Waals surface area contributed by atoms with Gasteiger partial charge >= 0.3 is 0 Å². The Bertz CT molecular complexity index is 879. The Kier molecular flexibility index (Phi) is 8.95. The lowest BCUT2D eigenvalue weighted by molar-refractivity contribution is 0.322. The highest BCUT2D eigenvalue weighted by atomic mass is 32.2. The first-order chi connectivity index (χ1) is 13.9. The fraction of sp³-hybridized carbons (Fsp3) is 0.381. The molecule has 0 aliphatic rings. The summed E-state index contributed by atoms with van der Waals surface area (Å²) in [5.41, 5.74) is 2.95. The third-order valence-electron chi connectivity index (χ3n) is 4.14. The van der Waals surface area contributed by atoms with Gasteiger partial charge in [-0.3, -0.25) is 0 Å². The van der Waals surface area contributed by atoms with Crippen LogP contribution in [0.25, 0.3) is 0 Å². The number of aryl methyl sites for hydroxylation is 1. The molecular formula is C21H30N4O3S. The topological polar surface area (TPSA) is 91.8 Å². The Morgan fingerprint density at radius 3 is 2.28 bits per heavy atom. The molecule has 3 N–H and O–H groups in total. The average molecular weight is 419 g/mol. The molecule has 2 aromatic carbocycles. The molecule has 2 aromatic rings. The van der Waals surface area contributed by atoms with Gasteiger partial charge in [0.15, 0.2) is 5.96 Å². The monoisotopic (exact) mass is 418 g/mol. The molecule has 0 fully saturated rings. The third kappa shape index (κ3) is 8.53. The third-order valence-corrected chi connectivity index (χ3v) is 5.47. The molecule has 0 aliphatic heterocycles. The van der Waals surface area contributed by atoms with Gasteiger partial charge in [-0.05, 0) is 44.2 Å². The fourth-order valence-corrected chi connectivity index (χ4v) is 3.29. The highest BCUT2D eigenvalue weighted by Gasteiger charge is 2.08. The van der Waals surface area contributed by atoms with Gasteiger partial charge in [0.25, 0.3) is 0 Å². The van der Waals surface area contributed by atoms with Crippen LogP contribution in [0.2, 0.25) is 0 Å². The van der Waals surface area contributed by atoms with E-state index < -0.39 is 10.0 Å². The van der Waals surface area contributed by atoms with Crippen molar-refractivity contribution < 1.29 is 13.2 Å². The largest absolute Gasteiger partial charge is 0.492 e. The number of ether oxygens (including phenoxy) is 1. The van der Waals surface area contributed by atoms with E-state index >= 15 is 0 Å². The number of rotatable bonds is 10. The first-order valence-electron chi connectivity index (χ1n) is 9.62. The SMILES string of the molecule is CCNC(=NCc1ccc(CS(=O)(=O)NC)cc1)NCCOc1ccc(C)cc1. The number of guanidine groups is 1. The maximum absolute atomic E-state index is 11.6. The second kappa shape index (κ2) is 11.4. The standard InChI is InChI=1S/C21H30N4O3S/c1-4-23-21(24-13-14-28-20-11-5-17(2)6-12-20)25-15-18-7-9-19(10-8-18)16-29(26,27)22-3/h5-12,22H,4,13-16H2,1-3H3,(H2,23,24,25). The van der Waals surface area contributed by atoms with Gasteiger partial charge in [0, 0.05) is 6.54 Å². The minimum Gasteiger partial charge on any atom is -0.492 e. The summed E-state index contributed by atoms with van der Waals surface area (Å²) >= 11 is 0. The van der Waals surface area contributed by atoms with Crippen LogP contribution < -0.4 is 20.1 Å². The normalized spacial score (nSPS) is 11.9. The Hall–Kier alpha value is -2.58. The molecule has 2 rings (SSSR count). The van der Waals surface area contributed by atoms with Crippen LogP contribution in [0.4, 0.5) is 0 Å². The molecule has 0 saturated heterocycles. The van der Waals surface area contributed by atoms with E-state index in [2.05, 4.69) is 20.3 Å². The van der Waals surface area contributed by atoms with Crippen LogP contribution >= 0.6 is 0 Å². The zero-order valence-corrected chi connectivity index (χ0v) is 18.1. The molecule has 8 heteroatoms. The summed E-state index contributed by atoms with van der Waals surface area (Å²) in [5, 5.41) is 6.45. The van der Waals surface area contributed by atoms with Crippen molar-refractivity contribution in [3.05, 3.63) is 65.2 Å². The lowest BCUT2D eigenvalue weighted by atomic mass is 10.1. The molecule has 0 atom stereocenters. The molecule has 0 aromatic heterocycles. The lowest BCUT2D eigenvalue weighted by Crippen LogP contribution is -2.39. The van der Waals surface area contributed by atoms with E-state index in [4.69, 9.17) is 4.74 Å². The van der Waals surface area contributed by atoms with Crippen LogP contribution in [0.5, 0.6) is 5.75 Å². The minimum atomic E-state index is -3.26. The number of hydrogen-bond acceptors (Lipinski definition) is 4. The fourth-order valence-electron chi connectivity index (χ4n) is 2.52. The van der Waals surface area contributed by atoms with Gasteiger partial charge in [-0.15, -0.1) is 0 Å². The highest BCUT2D eigenvalue weighted by molar-refractivity contribution is 7.88. The van der Waals surface area contributed by atoms with Gasteiger partial charge in [0.1, 0.15) is 12.4 Å². The van der Waals surface area contributed by atoms with Crippen molar-refractivity contribution in [1.82, 2.24) is 15.4 Å². The summed E-state index contributed by atoms with van der Waals surface area (Å²) in [5.74, 6) is 1.53. The predicted molar refractivity (Wildman–Crippen MR) is 118 cm³/mol. The quantitative estimate of drug-likeness (QED) is 0.312. The van der Waals surface area contributed by atoms with Crippen molar-refractivity contribution in [2.45, 2.75) is 26.1 Å². The van der Waals surface area contributed by atoms with E-state index in [1.807, 2.05) is 62.4 Å². The van der Waals surface area contributed by atoms with Gasteiger partial charge in [0.05, 0.1) is 18.8 Å². The van der Waals surface area contributed by atoms with E-state index in [0.717, 1.165) is 23.4 Å². The van der Waals surface area contributed by atoms with Gasteiger partial charge in [-0.2, -0.15) is 0 Å². The lowest BCUT2D eigenvalue weighted by Gasteiger charge is -2.12. The van der Waals surface area contributed by atoms with Crippen molar-refractivity contribution >= 4 is 16.0 Å². The number of nitrogens with zero attached hydrogens (tertiary/aromatic N) is 1. The van der Waals surface area contributed by atoms with Crippen LogP contribution in [-0.2, 0) is 22.3 Å². The molecule has 0 unspecified atom stereocenters. The maximum atomic E-state index is 11.6. The zero-order chi connectivity index (χ0) is 21.1. The summed E-state index contributed by atoms with van der Waals surface area (Å²) in [6, 6.07) is 15.4. The molecular weight excluding hydrogens is 388 g/mol. The van der Waals surface area contributed by atoms with E-state index in [0.29, 0.717) is 25.7 Å². The Morgan fingerprint density at radius 1 is 1.00 bits per heavy atom. The second-order valence-electron chi connectivity index (χ2n) is 6.56. The summed E-state index contributed by atoms with van der Waals surface area (Å²) in [7, 11) is -1.85. The Labute approximate surface area is 173 Å². The molecule has 0 amide bonds. The van der Waals surface area contributed by atoms with Gasteiger partial charge in [0.2, 0.25) is 10.0 Å². The minimum absolute atomic E-state index is 0.0295. The van der Waals surface area contributed by atoms with Crippen molar-refractivity contribution in [1.29, 1.82) is 0 Å². The second-order valence-corrected chi connectivity index (χ2v) is 8.49. The highest BCUT2D eigenvalue weighted by Crippen LogP contribution is 2.11. The van der Waals surface area contributed by atoms with Crippen LogP contribution in [0.3, 0.4) is 0 Å². The Balaban J connectivity index is 1.83. The molecule has 0 aliphatic carbocycles. The first kappa shape index (κ1) is 22.7.